The minimum absolute atomic E-state index is 0.666. The molecule has 0 bridgehead atoms. The molecule has 0 aliphatic heterocycles. The Morgan fingerprint density at radius 3 is 2.82 bits per heavy atom. The lowest BCUT2D eigenvalue weighted by molar-refractivity contribution is 0.215. The molecule has 0 unspecified atom stereocenters. The summed E-state index contributed by atoms with van der Waals surface area (Å²) in [7, 11) is 0. The normalized spacial score (nSPS) is 17.2. The predicted octanol–water partition coefficient (Wildman–Crippen LogP) is 3.30. The van der Waals surface area contributed by atoms with Crippen molar-refractivity contribution in [2.75, 3.05) is 0 Å². The van der Waals surface area contributed by atoms with Crippen LogP contribution in [-0.4, -0.2) is 10.1 Å². The van der Waals surface area contributed by atoms with E-state index < -0.39 is 6.10 Å². The molecule has 1 atom stereocenters. The van der Waals surface area contributed by atoms with E-state index in [0.29, 0.717) is 10.7 Å². The molecular formula is C14H10ClNO. The second kappa shape index (κ2) is 3.99. The van der Waals surface area contributed by atoms with Crippen molar-refractivity contribution in [3.8, 4) is 0 Å². The van der Waals surface area contributed by atoms with Crippen molar-refractivity contribution in [2.24, 2.45) is 0 Å². The van der Waals surface area contributed by atoms with Gasteiger partial charge in [-0.25, -0.2) is 0 Å². The standard InChI is InChI=1S/C14H10ClNO/c15-11-5-6-12-10(8-11)4-3-9-2-1-7-16-13(9)14(12)17/h1-8,14,17H/t14-/m1/s1. The molecule has 1 aliphatic rings. The van der Waals surface area contributed by atoms with E-state index in [-0.39, 0.29) is 0 Å². The van der Waals surface area contributed by atoms with Gasteiger partial charge in [-0.15, -0.1) is 0 Å². The average Bonchev–Trinajstić information content (AvgIpc) is 2.48. The summed E-state index contributed by atoms with van der Waals surface area (Å²) in [6.07, 6.45) is 4.90. The maximum atomic E-state index is 10.3. The van der Waals surface area contributed by atoms with Gasteiger partial charge in [0.1, 0.15) is 6.10 Å². The number of benzene rings is 1. The van der Waals surface area contributed by atoms with Gasteiger partial charge < -0.3 is 5.11 Å². The molecule has 0 amide bonds. The molecule has 1 aromatic heterocycles. The van der Waals surface area contributed by atoms with E-state index in [9.17, 15) is 5.11 Å². The molecule has 84 valence electrons. The van der Waals surface area contributed by atoms with Crippen molar-refractivity contribution in [2.45, 2.75) is 6.10 Å². The Morgan fingerprint density at radius 1 is 1.12 bits per heavy atom. The van der Waals surface area contributed by atoms with Gasteiger partial charge in [0.15, 0.2) is 0 Å². The van der Waals surface area contributed by atoms with Gasteiger partial charge >= 0.3 is 0 Å². The number of fused-ring (bicyclic) bond motifs is 2. The lowest BCUT2D eigenvalue weighted by Crippen LogP contribution is -2.04. The fraction of sp³-hybridized carbons (Fsp3) is 0.0714. The number of aliphatic hydroxyl groups excluding tert-OH is 1. The second-order valence-corrected chi connectivity index (χ2v) is 4.42. The minimum atomic E-state index is -0.700. The summed E-state index contributed by atoms with van der Waals surface area (Å²) < 4.78 is 0. The van der Waals surface area contributed by atoms with Crippen LogP contribution >= 0.6 is 11.6 Å². The molecule has 0 radical (unpaired) electrons. The van der Waals surface area contributed by atoms with Gasteiger partial charge in [0.05, 0.1) is 5.69 Å². The topological polar surface area (TPSA) is 33.1 Å². The maximum Gasteiger partial charge on any atom is 0.122 e. The molecule has 1 N–H and O–H groups in total. The summed E-state index contributed by atoms with van der Waals surface area (Å²) in [5, 5.41) is 11.0. The molecule has 1 aromatic carbocycles. The first kappa shape index (κ1) is 10.5. The summed E-state index contributed by atoms with van der Waals surface area (Å²) in [5.41, 5.74) is 3.39. The molecule has 0 saturated carbocycles. The zero-order valence-corrected chi connectivity index (χ0v) is 9.72. The molecule has 0 saturated heterocycles. The first-order valence-corrected chi connectivity index (χ1v) is 5.74. The molecule has 1 heterocycles. The van der Waals surface area contributed by atoms with Crippen molar-refractivity contribution in [1.82, 2.24) is 4.98 Å². The van der Waals surface area contributed by atoms with E-state index in [0.717, 1.165) is 16.7 Å². The first-order valence-electron chi connectivity index (χ1n) is 5.36. The predicted molar refractivity (Wildman–Crippen MR) is 68.7 cm³/mol. The summed E-state index contributed by atoms with van der Waals surface area (Å²) >= 11 is 5.96. The van der Waals surface area contributed by atoms with Gasteiger partial charge in [-0.2, -0.15) is 0 Å². The highest BCUT2D eigenvalue weighted by atomic mass is 35.5. The van der Waals surface area contributed by atoms with E-state index >= 15 is 0 Å². The van der Waals surface area contributed by atoms with Crippen LogP contribution in [0.4, 0.5) is 0 Å². The molecule has 0 spiro atoms. The van der Waals surface area contributed by atoms with Gasteiger partial charge in [-0.1, -0.05) is 35.9 Å². The fourth-order valence-corrected chi connectivity index (χ4v) is 2.25. The van der Waals surface area contributed by atoms with Crippen LogP contribution in [0, 0.1) is 0 Å². The number of hydrogen-bond acceptors (Lipinski definition) is 2. The zero-order chi connectivity index (χ0) is 11.8. The molecule has 1 aliphatic carbocycles. The molecule has 3 heteroatoms. The highest BCUT2D eigenvalue weighted by molar-refractivity contribution is 6.30. The Hall–Kier alpha value is -1.64. The van der Waals surface area contributed by atoms with E-state index in [1.54, 1.807) is 12.3 Å². The third-order valence-electron chi connectivity index (χ3n) is 2.92. The number of rotatable bonds is 0. The van der Waals surface area contributed by atoms with Gasteiger partial charge in [0, 0.05) is 11.2 Å². The van der Waals surface area contributed by atoms with Gasteiger partial charge in [0.2, 0.25) is 0 Å². The van der Waals surface area contributed by atoms with Crippen LogP contribution in [0.25, 0.3) is 12.2 Å². The Labute approximate surface area is 104 Å². The smallest absolute Gasteiger partial charge is 0.122 e. The van der Waals surface area contributed by atoms with Crippen LogP contribution in [-0.2, 0) is 0 Å². The van der Waals surface area contributed by atoms with Gasteiger partial charge in [-0.05, 0) is 34.9 Å². The lowest BCUT2D eigenvalue weighted by Gasteiger charge is -2.13. The lowest BCUT2D eigenvalue weighted by atomic mass is 10.0. The van der Waals surface area contributed by atoms with E-state index in [4.69, 9.17) is 11.6 Å². The van der Waals surface area contributed by atoms with E-state index in [1.807, 2.05) is 36.4 Å². The molecule has 2 aromatic rings. The Kier molecular flexibility index (Phi) is 2.46. The van der Waals surface area contributed by atoms with E-state index in [2.05, 4.69) is 4.98 Å². The molecule has 3 rings (SSSR count). The van der Waals surface area contributed by atoms with Crippen molar-refractivity contribution < 1.29 is 5.11 Å². The minimum Gasteiger partial charge on any atom is -0.382 e. The molecule has 0 fully saturated rings. The number of aromatic nitrogens is 1. The van der Waals surface area contributed by atoms with Crippen LogP contribution < -0.4 is 0 Å². The van der Waals surface area contributed by atoms with Gasteiger partial charge in [0.25, 0.3) is 0 Å². The Morgan fingerprint density at radius 2 is 1.94 bits per heavy atom. The number of nitrogens with zero attached hydrogens (tertiary/aromatic N) is 1. The zero-order valence-electron chi connectivity index (χ0n) is 8.97. The van der Waals surface area contributed by atoms with Crippen LogP contribution in [0.5, 0.6) is 0 Å². The number of pyridine rings is 1. The average molecular weight is 244 g/mol. The molecule has 17 heavy (non-hydrogen) atoms. The van der Waals surface area contributed by atoms with E-state index in [1.165, 1.54) is 0 Å². The summed E-state index contributed by atoms with van der Waals surface area (Å²) in [4.78, 5) is 4.25. The van der Waals surface area contributed by atoms with Gasteiger partial charge in [-0.3, -0.25) is 4.98 Å². The highest BCUT2D eigenvalue weighted by Gasteiger charge is 2.19. The molecular weight excluding hydrogens is 234 g/mol. The van der Waals surface area contributed by atoms with Crippen LogP contribution in [0.1, 0.15) is 28.5 Å². The van der Waals surface area contributed by atoms with Crippen molar-refractivity contribution in [3.63, 3.8) is 0 Å². The monoisotopic (exact) mass is 243 g/mol. The maximum absolute atomic E-state index is 10.3. The summed E-state index contributed by atoms with van der Waals surface area (Å²) in [6, 6.07) is 9.28. The van der Waals surface area contributed by atoms with Crippen LogP contribution in [0.2, 0.25) is 5.02 Å². The van der Waals surface area contributed by atoms with Crippen molar-refractivity contribution in [1.29, 1.82) is 0 Å². The third-order valence-corrected chi connectivity index (χ3v) is 3.15. The Bertz CT molecular complexity index is 607. The Balaban J connectivity index is 2.24. The fourth-order valence-electron chi connectivity index (χ4n) is 2.07. The number of aliphatic hydroxyl groups is 1. The largest absolute Gasteiger partial charge is 0.382 e. The van der Waals surface area contributed by atoms with Crippen molar-refractivity contribution in [3.05, 3.63) is 63.9 Å². The van der Waals surface area contributed by atoms with Crippen LogP contribution in [0.3, 0.4) is 0 Å². The quantitative estimate of drug-likeness (QED) is 0.770. The third kappa shape index (κ3) is 1.75. The van der Waals surface area contributed by atoms with Crippen LogP contribution in [0.15, 0.2) is 36.5 Å². The summed E-state index contributed by atoms with van der Waals surface area (Å²) in [5.74, 6) is 0. The number of hydrogen-bond donors (Lipinski definition) is 1. The SMILES string of the molecule is O[C@@H]1c2ccc(Cl)cc2C=Cc2cccnc21. The molecule has 2 nitrogen and oxygen atoms in total. The highest BCUT2D eigenvalue weighted by Crippen LogP contribution is 2.32. The second-order valence-electron chi connectivity index (χ2n) is 3.99. The summed E-state index contributed by atoms with van der Waals surface area (Å²) in [6.45, 7) is 0. The first-order chi connectivity index (χ1) is 8.25. The number of halogens is 1. The van der Waals surface area contributed by atoms with Crippen molar-refractivity contribution >= 4 is 23.8 Å².